The SMILES string of the molecule is CCOc1nc(NN)nc(NCCc2cccc(F)c2)n1. The lowest BCUT2D eigenvalue weighted by molar-refractivity contribution is 0.312. The molecule has 0 saturated carbocycles. The van der Waals surface area contributed by atoms with E-state index in [0.29, 0.717) is 25.5 Å². The number of ether oxygens (including phenoxy) is 1. The predicted molar refractivity (Wildman–Crippen MR) is 77.4 cm³/mol. The van der Waals surface area contributed by atoms with E-state index in [0.717, 1.165) is 5.56 Å². The number of halogens is 1. The summed E-state index contributed by atoms with van der Waals surface area (Å²) in [7, 11) is 0. The van der Waals surface area contributed by atoms with Crippen LogP contribution in [0.15, 0.2) is 24.3 Å². The summed E-state index contributed by atoms with van der Waals surface area (Å²) in [6, 6.07) is 6.63. The van der Waals surface area contributed by atoms with Gasteiger partial charge in [-0.15, -0.1) is 0 Å². The van der Waals surface area contributed by atoms with Gasteiger partial charge in [0, 0.05) is 6.54 Å². The minimum atomic E-state index is -0.249. The van der Waals surface area contributed by atoms with Gasteiger partial charge in [0.2, 0.25) is 11.9 Å². The molecule has 1 aromatic heterocycles. The number of nitrogen functional groups attached to an aromatic ring is 1. The van der Waals surface area contributed by atoms with Crippen LogP contribution in [0.1, 0.15) is 12.5 Å². The standard InChI is InChI=1S/C13H17FN6O/c1-2-21-13-18-11(17-12(19-13)20-15)16-7-6-9-4-3-5-10(14)8-9/h3-5,8H,2,6-7,15H2,1H3,(H2,16,17,18,19,20). The number of hydrazine groups is 1. The van der Waals surface area contributed by atoms with Crippen LogP contribution >= 0.6 is 0 Å². The van der Waals surface area contributed by atoms with Crippen molar-refractivity contribution in [3.8, 4) is 6.01 Å². The van der Waals surface area contributed by atoms with Crippen LogP contribution < -0.4 is 21.3 Å². The van der Waals surface area contributed by atoms with Gasteiger partial charge in [0.1, 0.15) is 5.82 Å². The molecule has 0 atom stereocenters. The van der Waals surface area contributed by atoms with Crippen LogP contribution in [0.5, 0.6) is 6.01 Å². The molecule has 21 heavy (non-hydrogen) atoms. The van der Waals surface area contributed by atoms with Crippen LogP contribution in [-0.2, 0) is 6.42 Å². The van der Waals surface area contributed by atoms with Gasteiger partial charge in [-0.05, 0) is 31.0 Å². The lowest BCUT2D eigenvalue weighted by Gasteiger charge is -2.08. The third-order valence-electron chi connectivity index (χ3n) is 2.60. The molecule has 0 aliphatic heterocycles. The van der Waals surface area contributed by atoms with E-state index in [2.05, 4.69) is 25.7 Å². The van der Waals surface area contributed by atoms with E-state index in [1.807, 2.05) is 13.0 Å². The Bertz CT molecular complexity index is 595. The molecular weight excluding hydrogens is 275 g/mol. The molecule has 0 bridgehead atoms. The molecule has 0 aliphatic carbocycles. The highest BCUT2D eigenvalue weighted by atomic mass is 19.1. The Balaban J connectivity index is 1.97. The van der Waals surface area contributed by atoms with Crippen molar-refractivity contribution in [3.63, 3.8) is 0 Å². The van der Waals surface area contributed by atoms with E-state index in [1.54, 1.807) is 6.07 Å². The van der Waals surface area contributed by atoms with Gasteiger partial charge in [0.25, 0.3) is 0 Å². The smallest absolute Gasteiger partial charge is 0.323 e. The molecule has 2 rings (SSSR count). The normalized spacial score (nSPS) is 10.2. The van der Waals surface area contributed by atoms with Crippen molar-refractivity contribution in [2.24, 2.45) is 5.84 Å². The van der Waals surface area contributed by atoms with E-state index in [4.69, 9.17) is 10.6 Å². The monoisotopic (exact) mass is 292 g/mol. The summed E-state index contributed by atoms with van der Waals surface area (Å²) >= 11 is 0. The molecule has 0 saturated heterocycles. The first-order chi connectivity index (χ1) is 10.2. The second kappa shape index (κ2) is 7.34. The van der Waals surface area contributed by atoms with E-state index in [1.165, 1.54) is 12.1 Å². The second-order valence-electron chi connectivity index (χ2n) is 4.15. The third kappa shape index (κ3) is 4.53. The quantitative estimate of drug-likeness (QED) is 0.523. The van der Waals surface area contributed by atoms with Crippen LogP contribution in [-0.4, -0.2) is 28.1 Å². The fourth-order valence-electron chi connectivity index (χ4n) is 1.70. The summed E-state index contributed by atoms with van der Waals surface area (Å²) in [5, 5.41) is 3.03. The number of hydrogen-bond acceptors (Lipinski definition) is 7. The van der Waals surface area contributed by atoms with E-state index < -0.39 is 0 Å². The van der Waals surface area contributed by atoms with Crippen LogP contribution in [0, 0.1) is 5.82 Å². The summed E-state index contributed by atoms with van der Waals surface area (Å²) < 4.78 is 18.3. The zero-order valence-electron chi connectivity index (χ0n) is 11.6. The zero-order valence-corrected chi connectivity index (χ0v) is 11.6. The minimum absolute atomic E-state index is 0.189. The number of aromatic nitrogens is 3. The van der Waals surface area contributed by atoms with Crippen LogP contribution in [0.3, 0.4) is 0 Å². The predicted octanol–water partition coefficient (Wildman–Crippen LogP) is 1.35. The lowest BCUT2D eigenvalue weighted by atomic mass is 10.1. The highest BCUT2D eigenvalue weighted by molar-refractivity contribution is 5.35. The Labute approximate surface area is 121 Å². The van der Waals surface area contributed by atoms with Crippen molar-refractivity contribution in [3.05, 3.63) is 35.6 Å². The Hall–Kier alpha value is -2.48. The number of nitrogens with zero attached hydrogens (tertiary/aromatic N) is 3. The average Bonchev–Trinajstić information content (AvgIpc) is 2.47. The molecule has 7 nitrogen and oxygen atoms in total. The summed E-state index contributed by atoms with van der Waals surface area (Å²) in [4.78, 5) is 12.1. The highest BCUT2D eigenvalue weighted by Gasteiger charge is 2.06. The van der Waals surface area contributed by atoms with Gasteiger partial charge in [-0.3, -0.25) is 5.43 Å². The maximum atomic E-state index is 13.1. The van der Waals surface area contributed by atoms with Gasteiger partial charge >= 0.3 is 6.01 Å². The summed E-state index contributed by atoms with van der Waals surface area (Å²) in [5.41, 5.74) is 3.24. The lowest BCUT2D eigenvalue weighted by Crippen LogP contribution is -2.15. The molecule has 0 unspecified atom stereocenters. The van der Waals surface area contributed by atoms with E-state index in [9.17, 15) is 4.39 Å². The zero-order chi connectivity index (χ0) is 15.1. The molecule has 2 aromatic rings. The Morgan fingerprint density at radius 3 is 2.76 bits per heavy atom. The third-order valence-corrected chi connectivity index (χ3v) is 2.60. The van der Waals surface area contributed by atoms with Crippen molar-refractivity contribution < 1.29 is 9.13 Å². The molecule has 0 spiro atoms. The number of rotatable bonds is 7. The van der Waals surface area contributed by atoms with E-state index >= 15 is 0 Å². The van der Waals surface area contributed by atoms with Gasteiger partial charge in [-0.25, -0.2) is 10.2 Å². The maximum Gasteiger partial charge on any atom is 0.323 e. The molecule has 1 heterocycles. The first kappa shape index (κ1) is 14.9. The van der Waals surface area contributed by atoms with Crippen molar-refractivity contribution >= 4 is 11.9 Å². The highest BCUT2D eigenvalue weighted by Crippen LogP contribution is 2.11. The van der Waals surface area contributed by atoms with Crippen LogP contribution in [0.2, 0.25) is 0 Å². The summed E-state index contributed by atoms with van der Waals surface area (Å²) in [6.45, 7) is 2.82. The number of nitrogens with one attached hydrogen (secondary N) is 2. The summed E-state index contributed by atoms with van der Waals surface area (Å²) in [6.07, 6.45) is 0.638. The fraction of sp³-hybridized carbons (Fsp3) is 0.308. The molecule has 8 heteroatoms. The number of benzene rings is 1. The van der Waals surface area contributed by atoms with Gasteiger partial charge in [0.15, 0.2) is 0 Å². The largest absolute Gasteiger partial charge is 0.464 e. The molecule has 0 fully saturated rings. The Morgan fingerprint density at radius 2 is 2.05 bits per heavy atom. The molecule has 0 aliphatic rings. The Kier molecular flexibility index (Phi) is 5.22. The molecular formula is C13H17FN6O. The molecule has 0 amide bonds. The van der Waals surface area contributed by atoms with Crippen molar-refractivity contribution in [1.82, 2.24) is 15.0 Å². The number of nitrogens with two attached hydrogens (primary N) is 1. The molecule has 1 aromatic carbocycles. The van der Waals surface area contributed by atoms with Gasteiger partial charge < -0.3 is 10.1 Å². The fourth-order valence-corrected chi connectivity index (χ4v) is 1.70. The first-order valence-corrected chi connectivity index (χ1v) is 6.55. The van der Waals surface area contributed by atoms with Crippen LogP contribution in [0.25, 0.3) is 0 Å². The Morgan fingerprint density at radius 1 is 1.24 bits per heavy atom. The number of anilines is 2. The van der Waals surface area contributed by atoms with Crippen molar-refractivity contribution in [2.45, 2.75) is 13.3 Å². The van der Waals surface area contributed by atoms with Crippen LogP contribution in [0.4, 0.5) is 16.3 Å². The van der Waals surface area contributed by atoms with Gasteiger partial charge in [0.05, 0.1) is 6.61 Å². The summed E-state index contributed by atoms with van der Waals surface area (Å²) in [5.74, 6) is 5.60. The van der Waals surface area contributed by atoms with Gasteiger partial charge in [-0.2, -0.15) is 15.0 Å². The van der Waals surface area contributed by atoms with Crippen molar-refractivity contribution in [1.29, 1.82) is 0 Å². The van der Waals surface area contributed by atoms with E-state index in [-0.39, 0.29) is 17.8 Å². The molecule has 0 radical (unpaired) electrons. The second-order valence-corrected chi connectivity index (χ2v) is 4.15. The maximum absolute atomic E-state index is 13.1. The van der Waals surface area contributed by atoms with Gasteiger partial charge in [-0.1, -0.05) is 12.1 Å². The molecule has 112 valence electrons. The minimum Gasteiger partial charge on any atom is -0.464 e. The molecule has 4 N–H and O–H groups in total. The average molecular weight is 292 g/mol. The first-order valence-electron chi connectivity index (χ1n) is 6.55. The topological polar surface area (TPSA) is 98.0 Å². The van der Waals surface area contributed by atoms with Crippen molar-refractivity contribution in [2.75, 3.05) is 23.9 Å². The number of hydrogen-bond donors (Lipinski definition) is 3.